The molecule has 0 aliphatic carbocycles. The van der Waals surface area contributed by atoms with Crippen molar-refractivity contribution in [3.8, 4) is 0 Å². The number of anilines is 1. The Morgan fingerprint density at radius 2 is 1.86 bits per heavy atom. The molecule has 22 heavy (non-hydrogen) atoms. The normalized spacial score (nSPS) is 11.1. The van der Waals surface area contributed by atoms with Crippen molar-refractivity contribution in [2.24, 2.45) is 7.05 Å². The summed E-state index contributed by atoms with van der Waals surface area (Å²) in [6.07, 6.45) is 2.54. The number of rotatable bonds is 4. The summed E-state index contributed by atoms with van der Waals surface area (Å²) in [5, 5.41) is 5.31. The van der Waals surface area contributed by atoms with E-state index in [0.717, 1.165) is 38.9 Å². The third-order valence-corrected chi connectivity index (χ3v) is 4.65. The van der Waals surface area contributed by atoms with Crippen LogP contribution in [-0.2, 0) is 13.5 Å². The Labute approximate surface area is 145 Å². The van der Waals surface area contributed by atoms with Gasteiger partial charge in [0.15, 0.2) is 5.65 Å². The van der Waals surface area contributed by atoms with Crippen LogP contribution in [-0.4, -0.2) is 33.3 Å². The van der Waals surface area contributed by atoms with Gasteiger partial charge in [0.2, 0.25) is 0 Å². The molecule has 0 radical (unpaired) electrons. The van der Waals surface area contributed by atoms with Crippen LogP contribution in [0, 0.1) is 0 Å². The zero-order chi connectivity index (χ0) is 15.7. The maximum Gasteiger partial charge on any atom is 0.164 e. The van der Waals surface area contributed by atoms with E-state index in [1.807, 2.05) is 14.1 Å². The van der Waals surface area contributed by atoms with Crippen molar-refractivity contribution in [1.29, 1.82) is 0 Å². The molecule has 0 aliphatic heterocycles. The molecule has 5 nitrogen and oxygen atoms in total. The van der Waals surface area contributed by atoms with Gasteiger partial charge in [-0.2, -0.15) is 5.10 Å². The summed E-state index contributed by atoms with van der Waals surface area (Å²) in [5.41, 5.74) is 2.12. The summed E-state index contributed by atoms with van der Waals surface area (Å²) in [6, 6.07) is 8.40. The second-order valence-corrected chi connectivity index (χ2v) is 6.78. The average Bonchev–Trinajstić information content (AvgIpc) is 2.81. The lowest BCUT2D eigenvalue weighted by molar-refractivity contribution is 0.777. The highest BCUT2D eigenvalue weighted by Gasteiger charge is 2.16. The van der Waals surface area contributed by atoms with E-state index in [0.29, 0.717) is 0 Å². The second-order valence-electron chi connectivity index (χ2n) is 5.11. The first-order valence-electron chi connectivity index (χ1n) is 6.85. The molecule has 0 aliphatic rings. The molecule has 2 heterocycles. The van der Waals surface area contributed by atoms with E-state index in [-0.39, 0.29) is 0 Å². The Kier molecular flexibility index (Phi) is 4.44. The van der Waals surface area contributed by atoms with E-state index < -0.39 is 0 Å². The molecule has 0 atom stereocenters. The van der Waals surface area contributed by atoms with E-state index in [1.54, 1.807) is 11.0 Å². The number of nitrogens with zero attached hydrogens (tertiary/aromatic N) is 5. The van der Waals surface area contributed by atoms with Gasteiger partial charge in [-0.15, -0.1) is 0 Å². The molecule has 0 unspecified atom stereocenters. The van der Waals surface area contributed by atoms with Gasteiger partial charge in [0.05, 0.1) is 5.39 Å². The van der Waals surface area contributed by atoms with Crippen molar-refractivity contribution in [2.45, 2.75) is 6.42 Å². The molecule has 2 aromatic heterocycles. The fourth-order valence-electron chi connectivity index (χ4n) is 2.37. The van der Waals surface area contributed by atoms with Crippen LogP contribution in [0.15, 0.2) is 39.7 Å². The van der Waals surface area contributed by atoms with Crippen molar-refractivity contribution in [3.63, 3.8) is 0 Å². The van der Waals surface area contributed by atoms with Gasteiger partial charge in [-0.05, 0) is 40.0 Å². The number of aromatic nitrogens is 4. The predicted octanol–water partition coefficient (Wildman–Crippen LogP) is 3.57. The summed E-state index contributed by atoms with van der Waals surface area (Å²) >= 11 is 6.95. The molecule has 1 aromatic carbocycles. The smallest absolute Gasteiger partial charge is 0.164 e. The summed E-state index contributed by atoms with van der Waals surface area (Å²) in [5.74, 6) is 0.891. The Balaban J connectivity index is 1.83. The van der Waals surface area contributed by atoms with Crippen molar-refractivity contribution in [1.82, 2.24) is 19.7 Å². The highest BCUT2D eigenvalue weighted by atomic mass is 79.9. The van der Waals surface area contributed by atoms with Gasteiger partial charge >= 0.3 is 0 Å². The zero-order valence-corrected chi connectivity index (χ0v) is 15.5. The lowest BCUT2D eigenvalue weighted by Gasteiger charge is -2.18. The molecule has 0 fully saturated rings. The summed E-state index contributed by atoms with van der Waals surface area (Å²) in [4.78, 5) is 10.9. The van der Waals surface area contributed by atoms with Crippen LogP contribution in [0.25, 0.3) is 11.0 Å². The molecule has 0 bridgehead atoms. The van der Waals surface area contributed by atoms with Crippen molar-refractivity contribution >= 4 is 48.7 Å². The highest BCUT2D eigenvalue weighted by Crippen LogP contribution is 2.28. The van der Waals surface area contributed by atoms with Gasteiger partial charge in [-0.3, -0.25) is 0 Å². The van der Waals surface area contributed by atoms with E-state index in [1.165, 1.54) is 5.56 Å². The summed E-state index contributed by atoms with van der Waals surface area (Å²) in [7, 11) is 3.92. The monoisotopic (exact) mass is 423 g/mol. The molecule has 3 rings (SSSR count). The number of likely N-dealkylation sites (N-methyl/N-ethyl adjacent to an activating group) is 1. The van der Waals surface area contributed by atoms with Crippen molar-refractivity contribution in [2.75, 3.05) is 18.5 Å². The van der Waals surface area contributed by atoms with Crippen LogP contribution < -0.4 is 4.90 Å². The lowest BCUT2D eigenvalue weighted by atomic mass is 10.1. The zero-order valence-electron chi connectivity index (χ0n) is 12.3. The largest absolute Gasteiger partial charge is 0.359 e. The molecule has 0 spiro atoms. The molecular formula is C15H15Br2N5. The molecule has 0 amide bonds. The number of hydrogen-bond donors (Lipinski definition) is 0. The van der Waals surface area contributed by atoms with Gasteiger partial charge in [0.1, 0.15) is 16.7 Å². The van der Waals surface area contributed by atoms with E-state index in [4.69, 9.17) is 0 Å². The number of fused-ring (bicyclic) bond motifs is 1. The molecule has 7 heteroatoms. The van der Waals surface area contributed by atoms with E-state index in [2.05, 4.69) is 76.1 Å². The summed E-state index contributed by atoms with van der Waals surface area (Å²) < 4.78 is 3.63. The van der Waals surface area contributed by atoms with Gasteiger partial charge in [0.25, 0.3) is 0 Å². The number of hydrogen-bond acceptors (Lipinski definition) is 4. The number of aryl methyl sites for hydroxylation is 1. The van der Waals surface area contributed by atoms with Gasteiger partial charge in [-0.25, -0.2) is 14.6 Å². The Hall–Kier alpha value is -1.47. The minimum atomic E-state index is 0.774. The number of benzene rings is 1. The van der Waals surface area contributed by atoms with Crippen LogP contribution in [0.5, 0.6) is 0 Å². The second kappa shape index (κ2) is 6.34. The minimum Gasteiger partial charge on any atom is -0.359 e. The van der Waals surface area contributed by atoms with Crippen LogP contribution in [0.2, 0.25) is 0 Å². The maximum absolute atomic E-state index is 4.43. The Morgan fingerprint density at radius 3 is 2.59 bits per heavy atom. The van der Waals surface area contributed by atoms with E-state index >= 15 is 0 Å². The van der Waals surface area contributed by atoms with Gasteiger partial charge in [-0.1, -0.05) is 28.1 Å². The van der Waals surface area contributed by atoms with Crippen molar-refractivity contribution < 1.29 is 0 Å². The molecule has 114 valence electrons. The third-order valence-electron chi connectivity index (χ3n) is 3.57. The van der Waals surface area contributed by atoms with Crippen molar-refractivity contribution in [3.05, 3.63) is 45.2 Å². The maximum atomic E-state index is 4.43. The number of halogens is 2. The molecule has 0 saturated carbocycles. The van der Waals surface area contributed by atoms with E-state index in [9.17, 15) is 0 Å². The molecule has 3 aromatic rings. The topological polar surface area (TPSA) is 46.8 Å². The van der Waals surface area contributed by atoms with Crippen LogP contribution in [0.3, 0.4) is 0 Å². The van der Waals surface area contributed by atoms with Crippen LogP contribution in [0.4, 0.5) is 5.82 Å². The van der Waals surface area contributed by atoms with Crippen LogP contribution in [0.1, 0.15) is 5.56 Å². The standard InChI is InChI=1S/C15H15Br2N5/c1-21(8-7-10-3-5-11(16)6-4-10)14-12-13(17)20-22(2)15(12)19-9-18-14/h3-6,9H,7-8H2,1-2H3. The van der Waals surface area contributed by atoms with Gasteiger partial charge in [0, 0.05) is 25.1 Å². The first-order chi connectivity index (χ1) is 10.6. The predicted molar refractivity (Wildman–Crippen MR) is 95.1 cm³/mol. The minimum absolute atomic E-state index is 0.774. The highest BCUT2D eigenvalue weighted by molar-refractivity contribution is 9.10. The molecular weight excluding hydrogens is 410 g/mol. The van der Waals surface area contributed by atoms with Gasteiger partial charge < -0.3 is 4.90 Å². The fraction of sp³-hybridized carbons (Fsp3) is 0.267. The summed E-state index contributed by atoms with van der Waals surface area (Å²) in [6.45, 7) is 0.870. The Bertz CT molecular complexity index is 798. The third kappa shape index (κ3) is 3.01. The first kappa shape index (κ1) is 15.4. The van der Waals surface area contributed by atoms with Crippen LogP contribution >= 0.6 is 31.9 Å². The average molecular weight is 425 g/mol. The lowest BCUT2D eigenvalue weighted by Crippen LogP contribution is -2.21. The molecule has 0 saturated heterocycles. The Morgan fingerprint density at radius 1 is 1.14 bits per heavy atom. The quantitative estimate of drug-likeness (QED) is 0.642. The first-order valence-corrected chi connectivity index (χ1v) is 8.43. The SMILES string of the molecule is CN(CCc1ccc(Br)cc1)c1ncnc2c1c(Br)nn2C. The molecule has 0 N–H and O–H groups in total. The fourth-order valence-corrected chi connectivity index (χ4v) is 3.23.